The van der Waals surface area contributed by atoms with Gasteiger partial charge >= 0.3 is 11.9 Å². The van der Waals surface area contributed by atoms with Crippen molar-refractivity contribution < 1.29 is 19.4 Å². The summed E-state index contributed by atoms with van der Waals surface area (Å²) in [5.74, 6) is -0.962. The van der Waals surface area contributed by atoms with Crippen molar-refractivity contribution in [2.24, 2.45) is 5.73 Å². The first-order chi connectivity index (χ1) is 9.27. The van der Waals surface area contributed by atoms with E-state index in [1.807, 2.05) is 0 Å². The maximum Gasteiger partial charge on any atom is 0.339 e. The summed E-state index contributed by atoms with van der Waals surface area (Å²) >= 11 is 1.40. The van der Waals surface area contributed by atoms with Gasteiger partial charge in [0.2, 0.25) is 0 Å². The van der Waals surface area contributed by atoms with Gasteiger partial charge in [0.1, 0.15) is 6.04 Å². The van der Waals surface area contributed by atoms with E-state index in [-0.39, 0.29) is 0 Å². The number of rotatable bonds is 6. The first kappa shape index (κ1) is 16.5. The largest absolute Gasteiger partial charge is 0.480 e. The summed E-state index contributed by atoms with van der Waals surface area (Å²) in [6.45, 7) is 3.55. The molecule has 1 heterocycles. The number of ether oxygens (including phenoxy) is 1. The molecule has 0 aliphatic rings. The number of pyridine rings is 1. The SMILES string of the molecule is COC(=O)c1ccc(CSC(C)(C)[C@H](N)C(=O)O)nc1. The normalized spacial score (nSPS) is 12.8. The molecule has 1 aromatic heterocycles. The van der Waals surface area contributed by atoms with Gasteiger partial charge in [0.15, 0.2) is 0 Å². The Morgan fingerprint density at radius 2 is 2.15 bits per heavy atom. The number of nitrogens with two attached hydrogens (primary N) is 1. The van der Waals surface area contributed by atoms with Crippen molar-refractivity contribution in [3.63, 3.8) is 0 Å². The van der Waals surface area contributed by atoms with Gasteiger partial charge in [-0.05, 0) is 26.0 Å². The third-order valence-electron chi connectivity index (χ3n) is 2.85. The highest BCUT2D eigenvalue weighted by Crippen LogP contribution is 2.30. The van der Waals surface area contributed by atoms with Crippen molar-refractivity contribution in [3.05, 3.63) is 29.6 Å². The fourth-order valence-corrected chi connectivity index (χ4v) is 2.37. The fraction of sp³-hybridized carbons (Fsp3) is 0.462. The van der Waals surface area contributed by atoms with Crippen molar-refractivity contribution in [1.29, 1.82) is 0 Å². The van der Waals surface area contributed by atoms with E-state index in [2.05, 4.69) is 9.72 Å². The van der Waals surface area contributed by atoms with Crippen LogP contribution >= 0.6 is 11.8 Å². The minimum Gasteiger partial charge on any atom is -0.480 e. The van der Waals surface area contributed by atoms with Crippen molar-refractivity contribution >= 4 is 23.7 Å². The topological polar surface area (TPSA) is 103 Å². The first-order valence-corrected chi connectivity index (χ1v) is 6.92. The Bertz CT molecular complexity index is 488. The predicted molar refractivity (Wildman–Crippen MR) is 76.6 cm³/mol. The van der Waals surface area contributed by atoms with Crippen LogP contribution in [0.5, 0.6) is 0 Å². The summed E-state index contributed by atoms with van der Waals surface area (Å²) < 4.78 is 3.97. The monoisotopic (exact) mass is 298 g/mol. The van der Waals surface area contributed by atoms with Gasteiger partial charge in [-0.3, -0.25) is 9.78 Å². The summed E-state index contributed by atoms with van der Waals surface area (Å²) in [4.78, 5) is 26.3. The number of methoxy groups -OCH3 is 1. The molecular formula is C13H18N2O4S. The maximum absolute atomic E-state index is 11.3. The summed E-state index contributed by atoms with van der Waals surface area (Å²) in [5, 5.41) is 8.93. The minimum atomic E-state index is -1.03. The number of nitrogens with zero attached hydrogens (tertiary/aromatic N) is 1. The van der Waals surface area contributed by atoms with E-state index in [0.29, 0.717) is 11.3 Å². The number of carbonyl (C=O) groups is 2. The van der Waals surface area contributed by atoms with Gasteiger partial charge < -0.3 is 15.6 Å². The molecule has 1 rings (SSSR count). The Kier molecular flexibility index (Phi) is 5.52. The smallest absolute Gasteiger partial charge is 0.339 e. The molecule has 0 saturated carbocycles. The van der Waals surface area contributed by atoms with Crippen LogP contribution in [0.15, 0.2) is 18.3 Å². The van der Waals surface area contributed by atoms with Gasteiger partial charge in [0.05, 0.1) is 18.4 Å². The molecule has 3 N–H and O–H groups in total. The van der Waals surface area contributed by atoms with Crippen LogP contribution in [0.2, 0.25) is 0 Å². The fourth-order valence-electron chi connectivity index (χ4n) is 1.40. The summed E-state index contributed by atoms with van der Waals surface area (Å²) in [7, 11) is 1.31. The standard InChI is InChI=1S/C13H18N2O4S/c1-13(2,10(14)11(16)17)20-7-9-5-4-8(6-15-9)12(18)19-3/h4-6,10H,7,14H2,1-3H3,(H,16,17)/t10-/m1/s1. The van der Waals surface area contributed by atoms with Gasteiger partial charge in [-0.15, -0.1) is 11.8 Å². The number of thioether (sulfide) groups is 1. The average molecular weight is 298 g/mol. The van der Waals surface area contributed by atoms with E-state index < -0.39 is 22.7 Å². The van der Waals surface area contributed by atoms with Crippen LogP contribution < -0.4 is 5.73 Å². The molecule has 6 nitrogen and oxygen atoms in total. The molecule has 7 heteroatoms. The molecule has 0 aliphatic heterocycles. The second-order valence-corrected chi connectivity index (χ2v) is 6.37. The van der Waals surface area contributed by atoms with Crippen LogP contribution in [0.3, 0.4) is 0 Å². The van der Waals surface area contributed by atoms with E-state index in [1.165, 1.54) is 25.1 Å². The lowest BCUT2D eigenvalue weighted by Crippen LogP contribution is -2.46. The van der Waals surface area contributed by atoms with E-state index in [9.17, 15) is 9.59 Å². The molecule has 20 heavy (non-hydrogen) atoms. The number of carboxylic acids is 1. The number of esters is 1. The number of hydrogen-bond acceptors (Lipinski definition) is 6. The quantitative estimate of drug-likeness (QED) is 0.763. The van der Waals surface area contributed by atoms with Crippen molar-refractivity contribution in [2.45, 2.75) is 30.4 Å². The molecule has 0 bridgehead atoms. The summed E-state index contributed by atoms with van der Waals surface area (Å²) in [5.41, 5.74) is 6.76. The van der Waals surface area contributed by atoms with Gasteiger partial charge in [-0.2, -0.15) is 0 Å². The molecule has 1 atom stereocenters. The van der Waals surface area contributed by atoms with Crippen molar-refractivity contribution in [2.75, 3.05) is 7.11 Å². The second-order valence-electron chi connectivity index (χ2n) is 4.74. The first-order valence-electron chi connectivity index (χ1n) is 5.93. The molecule has 0 aliphatic carbocycles. The number of carbonyl (C=O) groups excluding carboxylic acids is 1. The van der Waals surface area contributed by atoms with Crippen LogP contribution in [0, 0.1) is 0 Å². The zero-order valence-electron chi connectivity index (χ0n) is 11.6. The molecule has 0 radical (unpaired) electrons. The Morgan fingerprint density at radius 3 is 2.60 bits per heavy atom. The zero-order valence-corrected chi connectivity index (χ0v) is 12.4. The molecule has 1 aromatic rings. The second kappa shape index (κ2) is 6.71. The number of hydrogen-bond donors (Lipinski definition) is 2. The minimum absolute atomic E-state index is 0.378. The molecule has 0 unspecified atom stereocenters. The number of carboxylic acid groups (broad SMARTS) is 1. The lowest BCUT2D eigenvalue weighted by Gasteiger charge is -2.27. The van der Waals surface area contributed by atoms with Gasteiger partial charge in [0, 0.05) is 16.7 Å². The molecular weight excluding hydrogens is 280 g/mol. The molecule has 0 amide bonds. The highest BCUT2D eigenvalue weighted by Gasteiger charge is 2.32. The van der Waals surface area contributed by atoms with Crippen LogP contribution in [0.1, 0.15) is 29.9 Å². The average Bonchev–Trinajstić information content (AvgIpc) is 2.44. The zero-order chi connectivity index (χ0) is 15.3. The molecule has 0 spiro atoms. The van der Waals surface area contributed by atoms with Gasteiger partial charge in [-0.1, -0.05) is 0 Å². The van der Waals surface area contributed by atoms with Gasteiger partial charge in [-0.25, -0.2) is 4.79 Å². The molecule has 0 aromatic carbocycles. The summed E-state index contributed by atoms with van der Waals surface area (Å²) in [6, 6.07) is 2.38. The van der Waals surface area contributed by atoms with Crippen LogP contribution in [-0.4, -0.2) is 39.9 Å². The maximum atomic E-state index is 11.3. The lowest BCUT2D eigenvalue weighted by atomic mass is 10.1. The highest BCUT2D eigenvalue weighted by molar-refractivity contribution is 7.99. The van der Waals surface area contributed by atoms with Crippen LogP contribution in [-0.2, 0) is 15.3 Å². The van der Waals surface area contributed by atoms with E-state index in [0.717, 1.165) is 5.69 Å². The highest BCUT2D eigenvalue weighted by atomic mass is 32.2. The molecule has 0 fully saturated rings. The number of aliphatic carboxylic acids is 1. The van der Waals surface area contributed by atoms with Crippen molar-refractivity contribution in [3.8, 4) is 0 Å². The van der Waals surface area contributed by atoms with E-state index >= 15 is 0 Å². The third-order valence-corrected chi connectivity index (χ3v) is 4.29. The number of aromatic nitrogens is 1. The lowest BCUT2D eigenvalue weighted by molar-refractivity contribution is -0.139. The van der Waals surface area contributed by atoms with E-state index in [1.54, 1.807) is 26.0 Å². The van der Waals surface area contributed by atoms with E-state index in [4.69, 9.17) is 10.8 Å². The van der Waals surface area contributed by atoms with Gasteiger partial charge in [0.25, 0.3) is 0 Å². The van der Waals surface area contributed by atoms with Crippen LogP contribution in [0.25, 0.3) is 0 Å². The molecule has 0 saturated heterocycles. The predicted octanol–water partition coefficient (Wildman–Crippen LogP) is 1.29. The van der Waals surface area contributed by atoms with Crippen LogP contribution in [0.4, 0.5) is 0 Å². The molecule has 110 valence electrons. The summed E-state index contributed by atoms with van der Waals surface area (Å²) in [6.07, 6.45) is 1.44. The third kappa shape index (κ3) is 4.21. The Hall–Kier alpha value is -1.60. The Morgan fingerprint density at radius 1 is 1.50 bits per heavy atom. The Labute approximate surface area is 121 Å². The Balaban J connectivity index is 2.66. The van der Waals surface area contributed by atoms with Crippen molar-refractivity contribution in [1.82, 2.24) is 4.98 Å².